The zero-order valence-corrected chi connectivity index (χ0v) is 16.0. The first-order valence-corrected chi connectivity index (χ1v) is 10.0. The fourth-order valence-electron chi connectivity index (χ4n) is 4.48. The Labute approximate surface area is 163 Å². The van der Waals surface area contributed by atoms with E-state index in [0.29, 0.717) is 55.4 Å². The molecule has 0 radical (unpaired) electrons. The number of piperidine rings is 2. The molecule has 0 aromatic heterocycles. The van der Waals surface area contributed by atoms with Crippen molar-refractivity contribution in [2.45, 2.75) is 31.7 Å². The van der Waals surface area contributed by atoms with Crippen LogP contribution in [0.1, 0.15) is 36.0 Å². The van der Waals surface area contributed by atoms with Crippen LogP contribution >= 0.6 is 11.6 Å². The normalized spacial score (nSPS) is 25.9. The molecule has 0 unspecified atom stereocenters. The van der Waals surface area contributed by atoms with Gasteiger partial charge in [0.1, 0.15) is 0 Å². The van der Waals surface area contributed by atoms with E-state index in [1.807, 2.05) is 9.80 Å². The number of hydrogen-bond donors (Lipinski definition) is 1. The molecule has 1 aromatic rings. The standard InChI is InChI=1S/C20H24ClN3O3/c21-16-3-1-13(2-4-16)19(26)23-8-5-14(6-9-23)20(27)24-10-7-15-11-18(25)22-17(15)12-24/h1-4,14-15,17H,5-12H2,(H,22,25)/t15-,17-/m1/s1. The predicted octanol–water partition coefficient (Wildman–Crippen LogP) is 1.93. The number of carbonyl (C=O) groups is 3. The van der Waals surface area contributed by atoms with E-state index in [0.717, 1.165) is 13.0 Å². The molecular formula is C20H24ClN3O3. The van der Waals surface area contributed by atoms with Gasteiger partial charge >= 0.3 is 0 Å². The van der Waals surface area contributed by atoms with Gasteiger partial charge < -0.3 is 15.1 Å². The van der Waals surface area contributed by atoms with Crippen LogP contribution in [0.5, 0.6) is 0 Å². The van der Waals surface area contributed by atoms with Crippen molar-refractivity contribution in [1.29, 1.82) is 0 Å². The molecule has 0 bridgehead atoms. The first-order valence-electron chi connectivity index (χ1n) is 9.64. The molecule has 2 atom stereocenters. The van der Waals surface area contributed by atoms with Crippen LogP contribution < -0.4 is 5.32 Å². The number of nitrogens with zero attached hydrogens (tertiary/aromatic N) is 2. The molecule has 1 N–H and O–H groups in total. The lowest BCUT2D eigenvalue weighted by atomic mass is 9.89. The van der Waals surface area contributed by atoms with Crippen LogP contribution in [0.15, 0.2) is 24.3 Å². The Balaban J connectivity index is 1.31. The van der Waals surface area contributed by atoms with E-state index in [-0.39, 0.29) is 29.7 Å². The molecule has 27 heavy (non-hydrogen) atoms. The van der Waals surface area contributed by atoms with Crippen LogP contribution in [0.3, 0.4) is 0 Å². The molecule has 144 valence electrons. The molecule has 3 aliphatic heterocycles. The number of hydrogen-bond acceptors (Lipinski definition) is 3. The van der Waals surface area contributed by atoms with E-state index in [2.05, 4.69) is 5.32 Å². The lowest BCUT2D eigenvalue weighted by Gasteiger charge is -2.38. The summed E-state index contributed by atoms with van der Waals surface area (Å²) in [5.41, 5.74) is 0.628. The van der Waals surface area contributed by atoms with E-state index < -0.39 is 0 Å². The Kier molecular flexibility index (Phi) is 5.08. The van der Waals surface area contributed by atoms with Gasteiger partial charge in [0.25, 0.3) is 5.91 Å². The highest BCUT2D eigenvalue weighted by Crippen LogP contribution is 2.28. The first kappa shape index (κ1) is 18.3. The van der Waals surface area contributed by atoms with Crippen LogP contribution in [0.2, 0.25) is 5.02 Å². The van der Waals surface area contributed by atoms with Gasteiger partial charge in [-0.05, 0) is 49.4 Å². The van der Waals surface area contributed by atoms with Gasteiger partial charge in [-0.15, -0.1) is 0 Å². The van der Waals surface area contributed by atoms with E-state index >= 15 is 0 Å². The summed E-state index contributed by atoms with van der Waals surface area (Å²) in [6.07, 6.45) is 2.87. The average Bonchev–Trinajstić information content (AvgIpc) is 3.07. The number of nitrogens with one attached hydrogen (secondary N) is 1. The van der Waals surface area contributed by atoms with Crippen LogP contribution in [0.25, 0.3) is 0 Å². The molecule has 3 fully saturated rings. The molecule has 4 rings (SSSR count). The maximum atomic E-state index is 12.9. The van der Waals surface area contributed by atoms with Crippen molar-refractivity contribution in [3.8, 4) is 0 Å². The molecule has 0 spiro atoms. The lowest BCUT2D eigenvalue weighted by Crippen LogP contribution is -2.52. The van der Waals surface area contributed by atoms with E-state index in [4.69, 9.17) is 11.6 Å². The summed E-state index contributed by atoms with van der Waals surface area (Å²) < 4.78 is 0. The molecule has 0 aliphatic carbocycles. The van der Waals surface area contributed by atoms with E-state index in [1.54, 1.807) is 24.3 Å². The second-order valence-electron chi connectivity index (χ2n) is 7.78. The zero-order valence-electron chi connectivity index (χ0n) is 15.2. The first-order chi connectivity index (χ1) is 13.0. The van der Waals surface area contributed by atoms with Crippen molar-refractivity contribution in [2.24, 2.45) is 11.8 Å². The smallest absolute Gasteiger partial charge is 0.253 e. The lowest BCUT2D eigenvalue weighted by molar-refractivity contribution is -0.138. The Bertz CT molecular complexity index is 743. The third-order valence-electron chi connectivity index (χ3n) is 6.08. The van der Waals surface area contributed by atoms with Crippen molar-refractivity contribution in [1.82, 2.24) is 15.1 Å². The minimum Gasteiger partial charge on any atom is -0.351 e. The van der Waals surface area contributed by atoms with Crippen molar-refractivity contribution in [3.63, 3.8) is 0 Å². The molecule has 0 saturated carbocycles. The van der Waals surface area contributed by atoms with Gasteiger partial charge in [-0.2, -0.15) is 0 Å². The highest BCUT2D eigenvalue weighted by Gasteiger charge is 2.40. The van der Waals surface area contributed by atoms with Crippen LogP contribution in [-0.2, 0) is 9.59 Å². The summed E-state index contributed by atoms with van der Waals surface area (Å²) in [5.74, 6) is 0.613. The zero-order chi connectivity index (χ0) is 19.0. The highest BCUT2D eigenvalue weighted by molar-refractivity contribution is 6.30. The largest absolute Gasteiger partial charge is 0.351 e. The molecule has 3 saturated heterocycles. The average molecular weight is 390 g/mol. The third-order valence-corrected chi connectivity index (χ3v) is 6.34. The minimum absolute atomic E-state index is 0.00736. The number of likely N-dealkylation sites (tertiary alicyclic amines) is 2. The van der Waals surface area contributed by atoms with Gasteiger partial charge in [0.15, 0.2) is 0 Å². The van der Waals surface area contributed by atoms with Crippen LogP contribution in [-0.4, -0.2) is 59.7 Å². The number of halogens is 1. The summed E-state index contributed by atoms with van der Waals surface area (Å²) in [7, 11) is 0. The number of carbonyl (C=O) groups excluding carboxylic acids is 3. The van der Waals surface area contributed by atoms with Gasteiger partial charge in [-0.25, -0.2) is 0 Å². The minimum atomic E-state index is -0.0343. The van der Waals surface area contributed by atoms with Crippen molar-refractivity contribution >= 4 is 29.3 Å². The van der Waals surface area contributed by atoms with Gasteiger partial charge in [0.05, 0.1) is 0 Å². The van der Waals surface area contributed by atoms with Crippen LogP contribution in [0.4, 0.5) is 0 Å². The summed E-state index contributed by atoms with van der Waals surface area (Å²) in [6.45, 7) is 2.54. The maximum Gasteiger partial charge on any atom is 0.253 e. The Morgan fingerprint density at radius 1 is 1.00 bits per heavy atom. The second kappa shape index (κ2) is 7.50. The fourth-order valence-corrected chi connectivity index (χ4v) is 4.60. The fraction of sp³-hybridized carbons (Fsp3) is 0.550. The highest BCUT2D eigenvalue weighted by atomic mass is 35.5. The van der Waals surface area contributed by atoms with Gasteiger partial charge in [0.2, 0.25) is 11.8 Å². The molecule has 6 nitrogen and oxygen atoms in total. The topological polar surface area (TPSA) is 69.7 Å². The van der Waals surface area contributed by atoms with Gasteiger partial charge in [-0.1, -0.05) is 11.6 Å². The Hall–Kier alpha value is -2.08. The second-order valence-corrected chi connectivity index (χ2v) is 8.22. The molecule has 3 amide bonds. The van der Waals surface area contributed by atoms with Gasteiger partial charge in [0, 0.05) is 55.1 Å². The van der Waals surface area contributed by atoms with Crippen molar-refractivity contribution in [3.05, 3.63) is 34.9 Å². The van der Waals surface area contributed by atoms with Crippen LogP contribution in [0, 0.1) is 11.8 Å². The number of benzene rings is 1. The monoisotopic (exact) mass is 389 g/mol. The number of fused-ring (bicyclic) bond motifs is 1. The Morgan fingerprint density at radius 2 is 1.67 bits per heavy atom. The van der Waals surface area contributed by atoms with Crippen molar-refractivity contribution in [2.75, 3.05) is 26.2 Å². The van der Waals surface area contributed by atoms with E-state index in [9.17, 15) is 14.4 Å². The molecule has 3 aliphatic rings. The molecular weight excluding hydrogens is 366 g/mol. The third kappa shape index (κ3) is 3.81. The maximum absolute atomic E-state index is 12.9. The summed E-state index contributed by atoms with van der Waals surface area (Å²) in [5, 5.41) is 3.60. The van der Waals surface area contributed by atoms with E-state index in [1.165, 1.54) is 0 Å². The quantitative estimate of drug-likeness (QED) is 0.840. The summed E-state index contributed by atoms with van der Waals surface area (Å²) in [6, 6.07) is 7.03. The number of amides is 3. The number of rotatable bonds is 2. The Morgan fingerprint density at radius 3 is 2.37 bits per heavy atom. The molecule has 3 heterocycles. The molecule has 1 aromatic carbocycles. The molecule has 7 heteroatoms. The van der Waals surface area contributed by atoms with Crippen molar-refractivity contribution < 1.29 is 14.4 Å². The summed E-state index contributed by atoms with van der Waals surface area (Å²) >= 11 is 5.88. The summed E-state index contributed by atoms with van der Waals surface area (Å²) in [4.78, 5) is 40.8. The SMILES string of the molecule is O=C1C[C@H]2CCN(C(=O)C3CCN(C(=O)c4ccc(Cl)cc4)CC3)C[C@H]2N1. The van der Waals surface area contributed by atoms with Gasteiger partial charge in [-0.3, -0.25) is 14.4 Å². The predicted molar refractivity (Wildman–Crippen MR) is 101 cm³/mol.